The first kappa shape index (κ1) is 23.1. The summed E-state index contributed by atoms with van der Waals surface area (Å²) in [5.74, 6) is 7.73. The zero-order valence-electron chi connectivity index (χ0n) is 19.8. The average molecular weight is 468 g/mol. The SMILES string of the molecule is C[C@@H](NC(=O)c1ccc(Oc2ccc(C#C[C@]3(O)CN4CCC3CC4)cc2)cc1)c1ccncc1. The summed E-state index contributed by atoms with van der Waals surface area (Å²) in [6.45, 7) is 4.72. The maximum absolute atomic E-state index is 12.6. The molecule has 3 saturated heterocycles. The summed E-state index contributed by atoms with van der Waals surface area (Å²) in [4.78, 5) is 18.9. The molecule has 1 aromatic heterocycles. The number of aliphatic hydroxyl groups is 1. The van der Waals surface area contributed by atoms with Gasteiger partial charge in [-0.1, -0.05) is 11.8 Å². The molecule has 178 valence electrons. The molecule has 0 aliphatic carbocycles. The van der Waals surface area contributed by atoms with Crippen LogP contribution in [0.3, 0.4) is 0 Å². The lowest BCUT2D eigenvalue weighted by atomic mass is 9.76. The van der Waals surface area contributed by atoms with Gasteiger partial charge in [-0.2, -0.15) is 0 Å². The number of fused-ring (bicyclic) bond motifs is 3. The summed E-state index contributed by atoms with van der Waals surface area (Å²) in [7, 11) is 0. The molecule has 2 aromatic carbocycles. The van der Waals surface area contributed by atoms with E-state index in [4.69, 9.17) is 4.74 Å². The lowest BCUT2D eigenvalue weighted by Crippen LogP contribution is -2.58. The molecule has 4 heterocycles. The predicted molar refractivity (Wildman–Crippen MR) is 134 cm³/mol. The van der Waals surface area contributed by atoms with Gasteiger partial charge in [0.05, 0.1) is 6.04 Å². The second-order valence-corrected chi connectivity index (χ2v) is 9.35. The third-order valence-electron chi connectivity index (χ3n) is 6.91. The number of pyridine rings is 1. The van der Waals surface area contributed by atoms with Gasteiger partial charge in [-0.05, 0) is 99.1 Å². The van der Waals surface area contributed by atoms with Crippen LogP contribution in [0.15, 0.2) is 73.1 Å². The van der Waals surface area contributed by atoms with Crippen LogP contribution in [0.25, 0.3) is 0 Å². The van der Waals surface area contributed by atoms with Gasteiger partial charge in [0, 0.05) is 36.0 Å². The molecule has 2 N–H and O–H groups in total. The van der Waals surface area contributed by atoms with Crippen LogP contribution in [-0.2, 0) is 0 Å². The number of benzene rings is 2. The van der Waals surface area contributed by atoms with E-state index in [1.807, 2.05) is 43.3 Å². The van der Waals surface area contributed by atoms with E-state index >= 15 is 0 Å². The van der Waals surface area contributed by atoms with Gasteiger partial charge in [0.15, 0.2) is 0 Å². The van der Waals surface area contributed by atoms with Gasteiger partial charge >= 0.3 is 0 Å². The Morgan fingerprint density at radius 2 is 1.69 bits per heavy atom. The Morgan fingerprint density at radius 1 is 1.06 bits per heavy atom. The quantitative estimate of drug-likeness (QED) is 0.551. The Bertz CT molecular complexity index is 1220. The third kappa shape index (κ3) is 5.37. The van der Waals surface area contributed by atoms with E-state index in [2.05, 4.69) is 27.0 Å². The van der Waals surface area contributed by atoms with Crippen LogP contribution in [0.1, 0.15) is 47.3 Å². The second-order valence-electron chi connectivity index (χ2n) is 9.35. The van der Waals surface area contributed by atoms with Gasteiger partial charge < -0.3 is 15.2 Å². The molecule has 0 radical (unpaired) electrons. The van der Waals surface area contributed by atoms with E-state index in [0.717, 1.165) is 37.1 Å². The van der Waals surface area contributed by atoms with Crippen molar-refractivity contribution in [1.82, 2.24) is 15.2 Å². The Labute approximate surface area is 206 Å². The molecule has 0 saturated carbocycles. The van der Waals surface area contributed by atoms with Crippen molar-refractivity contribution >= 4 is 5.91 Å². The highest BCUT2D eigenvalue weighted by molar-refractivity contribution is 5.94. The minimum Gasteiger partial charge on any atom is -0.457 e. The highest BCUT2D eigenvalue weighted by Crippen LogP contribution is 2.35. The lowest BCUT2D eigenvalue weighted by Gasteiger charge is -2.47. The molecule has 6 heteroatoms. The Kier molecular flexibility index (Phi) is 6.54. The number of piperidine rings is 3. The molecule has 6 rings (SSSR count). The van der Waals surface area contributed by atoms with Crippen molar-refractivity contribution in [2.45, 2.75) is 31.4 Å². The number of hydrogen-bond donors (Lipinski definition) is 2. The number of nitrogens with zero attached hydrogens (tertiary/aromatic N) is 2. The van der Waals surface area contributed by atoms with E-state index in [1.54, 1.807) is 36.7 Å². The molecule has 3 aromatic rings. The molecular formula is C29H29N3O3. The molecule has 3 fully saturated rings. The van der Waals surface area contributed by atoms with Crippen molar-refractivity contribution in [1.29, 1.82) is 0 Å². The van der Waals surface area contributed by atoms with E-state index in [-0.39, 0.29) is 17.9 Å². The summed E-state index contributed by atoms with van der Waals surface area (Å²) < 4.78 is 5.93. The summed E-state index contributed by atoms with van der Waals surface area (Å²) in [5.41, 5.74) is 1.50. The van der Waals surface area contributed by atoms with Crippen molar-refractivity contribution in [3.8, 4) is 23.3 Å². The first-order valence-corrected chi connectivity index (χ1v) is 12.1. The monoisotopic (exact) mass is 467 g/mol. The maximum Gasteiger partial charge on any atom is 0.251 e. The number of hydrogen-bond acceptors (Lipinski definition) is 5. The van der Waals surface area contributed by atoms with E-state index in [0.29, 0.717) is 23.6 Å². The number of rotatable bonds is 5. The first-order chi connectivity index (χ1) is 17.0. The molecule has 35 heavy (non-hydrogen) atoms. The maximum atomic E-state index is 12.6. The van der Waals surface area contributed by atoms with Crippen LogP contribution in [0.2, 0.25) is 0 Å². The average Bonchev–Trinajstić information content (AvgIpc) is 2.90. The minimum atomic E-state index is -0.907. The Morgan fingerprint density at radius 3 is 2.29 bits per heavy atom. The minimum absolute atomic E-state index is 0.116. The fourth-order valence-electron chi connectivity index (χ4n) is 4.79. The number of ether oxygens (including phenoxy) is 1. The first-order valence-electron chi connectivity index (χ1n) is 12.1. The van der Waals surface area contributed by atoms with Crippen LogP contribution in [0, 0.1) is 17.8 Å². The van der Waals surface area contributed by atoms with Crippen molar-refractivity contribution in [3.63, 3.8) is 0 Å². The van der Waals surface area contributed by atoms with E-state index < -0.39 is 5.60 Å². The highest BCUT2D eigenvalue weighted by Gasteiger charge is 2.44. The predicted octanol–water partition coefficient (Wildman–Crippen LogP) is 4.17. The molecule has 3 aliphatic rings. The number of amides is 1. The molecule has 1 amide bonds. The zero-order chi connectivity index (χ0) is 24.3. The molecular weight excluding hydrogens is 438 g/mol. The molecule has 2 bridgehead atoms. The molecule has 0 unspecified atom stereocenters. The van der Waals surface area contributed by atoms with Gasteiger partial charge in [-0.15, -0.1) is 0 Å². The highest BCUT2D eigenvalue weighted by atomic mass is 16.5. The Hall–Kier alpha value is -3.66. The molecule has 2 atom stereocenters. The smallest absolute Gasteiger partial charge is 0.251 e. The van der Waals surface area contributed by atoms with Crippen LogP contribution in [-0.4, -0.2) is 46.1 Å². The fraction of sp³-hybridized carbons (Fsp3) is 0.310. The molecule has 6 nitrogen and oxygen atoms in total. The standard InChI is InChI=1S/C29H29N3O3/c1-21(23-11-16-30-17-12-23)31-28(33)24-4-8-27(9-5-24)35-26-6-2-22(3-7-26)10-15-29(34)20-32-18-13-25(29)14-19-32/h2-9,11-12,16-17,21,25,34H,13-14,18-20H2,1H3,(H,31,33)/t21-,29+/m1/s1. The second kappa shape index (κ2) is 9.91. The van der Waals surface area contributed by atoms with Gasteiger partial charge in [-0.25, -0.2) is 0 Å². The van der Waals surface area contributed by atoms with E-state index in [1.165, 1.54) is 0 Å². The normalized spacial score (nSPS) is 23.6. The van der Waals surface area contributed by atoms with Crippen LogP contribution >= 0.6 is 0 Å². The van der Waals surface area contributed by atoms with Crippen LogP contribution in [0.4, 0.5) is 0 Å². The topological polar surface area (TPSA) is 74.7 Å². The van der Waals surface area contributed by atoms with Crippen LogP contribution in [0.5, 0.6) is 11.5 Å². The van der Waals surface area contributed by atoms with Gasteiger partial charge in [-0.3, -0.25) is 14.7 Å². The van der Waals surface area contributed by atoms with Gasteiger partial charge in [0.25, 0.3) is 5.91 Å². The van der Waals surface area contributed by atoms with Crippen molar-refractivity contribution in [3.05, 3.63) is 89.7 Å². The zero-order valence-corrected chi connectivity index (χ0v) is 19.8. The summed E-state index contributed by atoms with van der Waals surface area (Å²) in [6.07, 6.45) is 5.46. The lowest BCUT2D eigenvalue weighted by molar-refractivity contribution is -0.0713. The number of aromatic nitrogens is 1. The summed E-state index contributed by atoms with van der Waals surface area (Å²) in [6, 6.07) is 18.2. The summed E-state index contributed by atoms with van der Waals surface area (Å²) in [5, 5.41) is 14.0. The van der Waals surface area contributed by atoms with Gasteiger partial charge in [0.1, 0.15) is 17.1 Å². The van der Waals surface area contributed by atoms with Crippen molar-refractivity contribution in [2.75, 3.05) is 19.6 Å². The third-order valence-corrected chi connectivity index (χ3v) is 6.91. The van der Waals surface area contributed by atoms with Crippen molar-refractivity contribution in [2.24, 2.45) is 5.92 Å². The van der Waals surface area contributed by atoms with Crippen LogP contribution < -0.4 is 10.1 Å². The largest absolute Gasteiger partial charge is 0.457 e. The number of nitrogens with one attached hydrogen (secondary N) is 1. The van der Waals surface area contributed by atoms with Crippen molar-refractivity contribution < 1.29 is 14.6 Å². The molecule has 0 spiro atoms. The number of carbonyl (C=O) groups excluding carboxylic acids is 1. The Balaban J connectivity index is 1.18. The fourth-order valence-corrected chi connectivity index (χ4v) is 4.79. The van der Waals surface area contributed by atoms with Gasteiger partial charge in [0.2, 0.25) is 0 Å². The molecule has 3 aliphatic heterocycles. The summed E-state index contributed by atoms with van der Waals surface area (Å²) >= 11 is 0. The number of carbonyl (C=O) groups is 1. The van der Waals surface area contributed by atoms with E-state index in [9.17, 15) is 9.90 Å².